The van der Waals surface area contributed by atoms with Crippen LogP contribution in [-0.4, -0.2) is 18.2 Å². The predicted octanol–water partition coefficient (Wildman–Crippen LogP) is 2.96. The zero-order valence-electron chi connectivity index (χ0n) is 10.6. The molecule has 2 nitrogen and oxygen atoms in total. The molecule has 0 heterocycles. The van der Waals surface area contributed by atoms with Crippen LogP contribution in [0.25, 0.3) is 0 Å². The molecule has 0 unspecified atom stereocenters. The standard InChI is InChI=1S/C14H23NO/c1-14(2,3)11-15-10-4-5-12-6-8-13(16)9-7-12/h6-9,15-16H,4-5,10-11H2,1-3H3. The molecule has 0 bridgehead atoms. The fourth-order valence-corrected chi connectivity index (χ4v) is 1.54. The number of phenolic OH excluding ortho intramolecular Hbond substituents is 1. The number of hydrogen-bond acceptors (Lipinski definition) is 2. The second kappa shape index (κ2) is 5.90. The summed E-state index contributed by atoms with van der Waals surface area (Å²) in [6.45, 7) is 8.82. The second-order valence-corrected chi connectivity index (χ2v) is 5.51. The lowest BCUT2D eigenvalue weighted by Crippen LogP contribution is -2.27. The van der Waals surface area contributed by atoms with Crippen molar-refractivity contribution in [3.05, 3.63) is 29.8 Å². The van der Waals surface area contributed by atoms with Crippen molar-refractivity contribution in [1.82, 2.24) is 5.32 Å². The number of hydrogen-bond donors (Lipinski definition) is 2. The maximum atomic E-state index is 9.14. The highest BCUT2D eigenvalue weighted by Gasteiger charge is 2.08. The summed E-state index contributed by atoms with van der Waals surface area (Å²) < 4.78 is 0. The summed E-state index contributed by atoms with van der Waals surface area (Å²) >= 11 is 0. The summed E-state index contributed by atoms with van der Waals surface area (Å²) in [6.07, 6.45) is 2.21. The molecule has 0 aromatic heterocycles. The van der Waals surface area contributed by atoms with E-state index < -0.39 is 0 Å². The lowest BCUT2D eigenvalue weighted by Gasteiger charge is -2.18. The summed E-state index contributed by atoms with van der Waals surface area (Å²) in [5, 5.41) is 12.6. The number of rotatable bonds is 5. The lowest BCUT2D eigenvalue weighted by molar-refractivity contribution is 0.379. The van der Waals surface area contributed by atoms with Gasteiger partial charge in [0.15, 0.2) is 0 Å². The van der Waals surface area contributed by atoms with Gasteiger partial charge in [-0.2, -0.15) is 0 Å². The van der Waals surface area contributed by atoms with Crippen molar-refractivity contribution in [2.75, 3.05) is 13.1 Å². The van der Waals surface area contributed by atoms with Crippen LogP contribution in [0.2, 0.25) is 0 Å². The predicted molar refractivity (Wildman–Crippen MR) is 68.8 cm³/mol. The largest absolute Gasteiger partial charge is 0.508 e. The molecule has 0 aliphatic carbocycles. The third kappa shape index (κ3) is 5.76. The van der Waals surface area contributed by atoms with Gasteiger partial charge in [0, 0.05) is 0 Å². The minimum atomic E-state index is 0.342. The van der Waals surface area contributed by atoms with Crippen LogP contribution >= 0.6 is 0 Å². The quantitative estimate of drug-likeness (QED) is 0.749. The molecule has 2 N–H and O–H groups in total. The fourth-order valence-electron chi connectivity index (χ4n) is 1.54. The molecule has 0 aliphatic rings. The zero-order valence-corrected chi connectivity index (χ0v) is 10.6. The molecule has 0 atom stereocenters. The Kier molecular flexibility index (Phi) is 4.81. The third-order valence-corrected chi connectivity index (χ3v) is 2.41. The van der Waals surface area contributed by atoms with Crippen molar-refractivity contribution in [1.29, 1.82) is 0 Å². The smallest absolute Gasteiger partial charge is 0.115 e. The van der Waals surface area contributed by atoms with Gasteiger partial charge in [-0.3, -0.25) is 0 Å². The first-order chi connectivity index (χ1) is 7.47. The summed E-state index contributed by atoms with van der Waals surface area (Å²) in [5.41, 5.74) is 1.65. The van der Waals surface area contributed by atoms with Crippen LogP contribution in [0, 0.1) is 5.41 Å². The van der Waals surface area contributed by atoms with Crippen molar-refractivity contribution in [3.8, 4) is 5.75 Å². The molecule has 0 aliphatic heterocycles. The van der Waals surface area contributed by atoms with Gasteiger partial charge in [0.1, 0.15) is 5.75 Å². The number of nitrogens with one attached hydrogen (secondary N) is 1. The number of aryl methyl sites for hydroxylation is 1. The highest BCUT2D eigenvalue weighted by atomic mass is 16.3. The van der Waals surface area contributed by atoms with Gasteiger partial charge in [0.05, 0.1) is 0 Å². The zero-order chi connectivity index (χ0) is 12.0. The Balaban J connectivity index is 2.14. The number of benzene rings is 1. The Hall–Kier alpha value is -1.02. The van der Waals surface area contributed by atoms with E-state index in [0.29, 0.717) is 11.2 Å². The van der Waals surface area contributed by atoms with E-state index in [2.05, 4.69) is 26.1 Å². The first-order valence-corrected chi connectivity index (χ1v) is 5.96. The maximum absolute atomic E-state index is 9.14. The van der Waals surface area contributed by atoms with Crippen LogP contribution < -0.4 is 5.32 Å². The molecule has 0 saturated heterocycles. The average molecular weight is 221 g/mol. The minimum Gasteiger partial charge on any atom is -0.508 e. The van der Waals surface area contributed by atoms with E-state index in [-0.39, 0.29) is 0 Å². The second-order valence-electron chi connectivity index (χ2n) is 5.51. The lowest BCUT2D eigenvalue weighted by atomic mass is 9.97. The molecule has 0 fully saturated rings. The third-order valence-electron chi connectivity index (χ3n) is 2.41. The van der Waals surface area contributed by atoms with Gasteiger partial charge >= 0.3 is 0 Å². The Morgan fingerprint density at radius 3 is 2.31 bits per heavy atom. The summed E-state index contributed by atoms with van der Waals surface area (Å²) in [4.78, 5) is 0. The molecule has 0 saturated carbocycles. The molecule has 16 heavy (non-hydrogen) atoms. The normalized spacial score (nSPS) is 11.7. The van der Waals surface area contributed by atoms with Gasteiger partial charge in [-0.25, -0.2) is 0 Å². The highest BCUT2D eigenvalue weighted by Crippen LogP contribution is 2.12. The fraction of sp³-hybridized carbons (Fsp3) is 0.571. The van der Waals surface area contributed by atoms with Crippen LogP contribution in [-0.2, 0) is 6.42 Å². The average Bonchev–Trinajstić information content (AvgIpc) is 2.19. The monoisotopic (exact) mass is 221 g/mol. The van der Waals surface area contributed by atoms with Crippen molar-refractivity contribution in [2.45, 2.75) is 33.6 Å². The maximum Gasteiger partial charge on any atom is 0.115 e. The summed E-state index contributed by atoms with van der Waals surface area (Å²) in [6, 6.07) is 7.47. The first-order valence-electron chi connectivity index (χ1n) is 5.96. The molecular formula is C14H23NO. The number of phenols is 1. The van der Waals surface area contributed by atoms with E-state index >= 15 is 0 Å². The van der Waals surface area contributed by atoms with Crippen molar-refractivity contribution >= 4 is 0 Å². The van der Waals surface area contributed by atoms with Gasteiger partial charge in [-0.1, -0.05) is 32.9 Å². The topological polar surface area (TPSA) is 32.3 Å². The molecule has 2 heteroatoms. The van der Waals surface area contributed by atoms with Gasteiger partial charge < -0.3 is 10.4 Å². The minimum absolute atomic E-state index is 0.342. The van der Waals surface area contributed by atoms with Gasteiger partial charge in [0.2, 0.25) is 0 Å². The number of aromatic hydroxyl groups is 1. The van der Waals surface area contributed by atoms with Gasteiger partial charge in [-0.05, 0) is 49.0 Å². The van der Waals surface area contributed by atoms with Crippen LogP contribution in [0.1, 0.15) is 32.8 Å². The molecule has 1 aromatic rings. The Labute approximate surface area is 98.7 Å². The summed E-state index contributed by atoms with van der Waals surface area (Å²) in [7, 11) is 0. The Morgan fingerprint density at radius 1 is 1.12 bits per heavy atom. The molecule has 0 amide bonds. The van der Waals surface area contributed by atoms with Crippen LogP contribution in [0.15, 0.2) is 24.3 Å². The Bertz CT molecular complexity index is 298. The van der Waals surface area contributed by atoms with Crippen LogP contribution in [0.4, 0.5) is 0 Å². The SMILES string of the molecule is CC(C)(C)CNCCCc1ccc(O)cc1. The molecular weight excluding hydrogens is 198 g/mol. The van der Waals surface area contributed by atoms with Crippen LogP contribution in [0.3, 0.4) is 0 Å². The van der Waals surface area contributed by atoms with E-state index in [0.717, 1.165) is 25.9 Å². The molecule has 1 aromatic carbocycles. The molecule has 0 spiro atoms. The first kappa shape index (κ1) is 13.0. The van der Waals surface area contributed by atoms with Crippen LogP contribution in [0.5, 0.6) is 5.75 Å². The van der Waals surface area contributed by atoms with E-state index in [1.807, 2.05) is 12.1 Å². The molecule has 1 rings (SSSR count). The molecule has 0 radical (unpaired) electrons. The van der Waals surface area contributed by atoms with Crippen molar-refractivity contribution < 1.29 is 5.11 Å². The van der Waals surface area contributed by atoms with Crippen molar-refractivity contribution in [3.63, 3.8) is 0 Å². The van der Waals surface area contributed by atoms with Gasteiger partial charge in [0.25, 0.3) is 0 Å². The van der Waals surface area contributed by atoms with E-state index in [1.54, 1.807) is 12.1 Å². The van der Waals surface area contributed by atoms with E-state index in [1.165, 1.54) is 5.56 Å². The summed E-state index contributed by atoms with van der Waals surface area (Å²) in [5.74, 6) is 0.342. The van der Waals surface area contributed by atoms with Gasteiger partial charge in [-0.15, -0.1) is 0 Å². The Morgan fingerprint density at radius 2 is 1.75 bits per heavy atom. The van der Waals surface area contributed by atoms with E-state index in [4.69, 9.17) is 5.11 Å². The molecule has 90 valence electrons. The van der Waals surface area contributed by atoms with Crippen molar-refractivity contribution in [2.24, 2.45) is 5.41 Å². The highest BCUT2D eigenvalue weighted by molar-refractivity contribution is 5.25. The van der Waals surface area contributed by atoms with E-state index in [9.17, 15) is 0 Å².